The van der Waals surface area contributed by atoms with Crippen LogP contribution < -0.4 is 16.0 Å². The lowest BCUT2D eigenvalue weighted by molar-refractivity contribution is -0.130. The van der Waals surface area contributed by atoms with Crippen LogP contribution >= 0.6 is 0 Å². The second-order valence-electron chi connectivity index (χ2n) is 11.9. The van der Waals surface area contributed by atoms with Crippen LogP contribution in [-0.4, -0.2) is 82.5 Å². The van der Waals surface area contributed by atoms with Gasteiger partial charge in [0.15, 0.2) is 5.82 Å². The van der Waals surface area contributed by atoms with Crippen molar-refractivity contribution in [3.05, 3.63) is 75.6 Å². The van der Waals surface area contributed by atoms with Gasteiger partial charge in [-0.2, -0.15) is 5.26 Å². The predicted octanol–water partition coefficient (Wildman–Crippen LogP) is 1.87. The van der Waals surface area contributed by atoms with Crippen LogP contribution in [0.25, 0.3) is 0 Å². The normalized spacial score (nSPS) is 17.6. The minimum atomic E-state index is -0.902. The fourth-order valence-corrected chi connectivity index (χ4v) is 6.72. The van der Waals surface area contributed by atoms with E-state index >= 15 is 0 Å². The first-order chi connectivity index (χ1) is 21.2. The molecule has 2 atom stereocenters. The van der Waals surface area contributed by atoms with Gasteiger partial charge < -0.3 is 20.9 Å². The van der Waals surface area contributed by atoms with E-state index in [1.54, 1.807) is 19.0 Å². The average Bonchev–Trinajstić information content (AvgIpc) is 3.74. The number of nitrogens with zero attached hydrogens (tertiary/aromatic N) is 5. The second kappa shape index (κ2) is 12.9. The Morgan fingerprint density at radius 1 is 1.05 bits per heavy atom. The van der Waals surface area contributed by atoms with E-state index in [0.717, 1.165) is 28.7 Å². The Hall–Kier alpha value is -4.63. The van der Waals surface area contributed by atoms with E-state index in [4.69, 9.17) is 0 Å². The van der Waals surface area contributed by atoms with Crippen molar-refractivity contribution in [2.45, 2.75) is 63.5 Å². The summed E-state index contributed by atoms with van der Waals surface area (Å²) in [5.41, 5.74) is 4.07. The number of aromatic amines is 1. The van der Waals surface area contributed by atoms with Gasteiger partial charge in [0.25, 0.3) is 11.8 Å². The first-order valence-corrected chi connectivity index (χ1v) is 15.1. The van der Waals surface area contributed by atoms with E-state index in [9.17, 15) is 19.6 Å². The molecule has 0 spiro atoms. The molecule has 0 saturated carbocycles. The van der Waals surface area contributed by atoms with Gasteiger partial charge >= 0.3 is 0 Å². The largest absolute Gasteiger partial charge is 0.355 e. The molecule has 3 amide bonds. The van der Waals surface area contributed by atoms with Gasteiger partial charge in [-0.25, -0.2) is 5.10 Å². The molecule has 2 heterocycles. The summed E-state index contributed by atoms with van der Waals surface area (Å²) in [6, 6.07) is 13.1. The summed E-state index contributed by atoms with van der Waals surface area (Å²) in [6.45, 7) is 4.88. The van der Waals surface area contributed by atoms with E-state index in [0.29, 0.717) is 49.2 Å². The molecule has 230 valence electrons. The lowest BCUT2D eigenvalue weighted by atomic mass is 9.66. The summed E-state index contributed by atoms with van der Waals surface area (Å²) >= 11 is 0. The van der Waals surface area contributed by atoms with Crippen molar-refractivity contribution in [1.82, 2.24) is 41.5 Å². The van der Waals surface area contributed by atoms with Crippen molar-refractivity contribution in [3.63, 3.8) is 0 Å². The van der Waals surface area contributed by atoms with Gasteiger partial charge in [-0.3, -0.25) is 14.4 Å². The maximum absolute atomic E-state index is 13.3. The zero-order chi connectivity index (χ0) is 31.4. The number of hydrogen-bond donors (Lipinski definition) is 4. The Labute approximate surface area is 257 Å². The van der Waals surface area contributed by atoms with Crippen LogP contribution in [0, 0.1) is 17.2 Å². The average molecular weight is 598 g/mol. The Balaban J connectivity index is 1.64. The van der Waals surface area contributed by atoms with E-state index in [-0.39, 0.29) is 36.2 Å². The number of benzene rings is 2. The number of likely N-dealkylation sites (tertiary alicyclic amines) is 1. The molecular formula is C32H39N9O3. The van der Waals surface area contributed by atoms with Crippen LogP contribution in [-0.2, 0) is 23.1 Å². The summed E-state index contributed by atoms with van der Waals surface area (Å²) in [5, 5.41) is 33.9. The van der Waals surface area contributed by atoms with E-state index in [1.807, 2.05) is 36.4 Å². The molecule has 1 unspecified atom stereocenters. The van der Waals surface area contributed by atoms with Crippen molar-refractivity contribution in [3.8, 4) is 6.07 Å². The zero-order valence-electron chi connectivity index (χ0n) is 25.6. The monoisotopic (exact) mass is 597 g/mol. The molecule has 2 aromatic carbocycles. The van der Waals surface area contributed by atoms with Gasteiger partial charge in [0.2, 0.25) is 5.91 Å². The molecule has 1 aliphatic carbocycles. The summed E-state index contributed by atoms with van der Waals surface area (Å²) < 4.78 is 0. The number of H-pyrrole nitrogens is 1. The molecule has 4 N–H and O–H groups in total. The number of nitrogens with one attached hydrogen (secondary N) is 4. The molecule has 12 heteroatoms. The standard InChI is InChI=1S/C32H39N9O3/c1-19(2)27(36-18-28(42)41-13-5-6-24(41)17-33)16-32(31-37-39-40-38-31)25-11-9-22(29(43)34-3)14-20(25)7-8-21-15-23(30(44)35-4)10-12-26(21)32/h9-12,14-15,19,24,27,36H,5-8,13,16,18H2,1-4H3,(H,34,43)(H,35,44)(H,37,38,39,40)/t24?,27-/m0/s1. The highest BCUT2D eigenvalue weighted by molar-refractivity contribution is 5.95. The van der Waals surface area contributed by atoms with Gasteiger partial charge in [0, 0.05) is 37.8 Å². The minimum Gasteiger partial charge on any atom is -0.355 e. The quantitative estimate of drug-likeness (QED) is 0.290. The number of rotatable bonds is 9. The number of aromatic nitrogens is 4. The summed E-state index contributed by atoms with van der Waals surface area (Å²) in [4.78, 5) is 40.2. The number of amides is 3. The highest BCUT2D eigenvalue weighted by Gasteiger charge is 2.46. The third-order valence-corrected chi connectivity index (χ3v) is 9.09. The highest BCUT2D eigenvalue weighted by atomic mass is 16.2. The fraction of sp³-hybridized carbons (Fsp3) is 0.469. The smallest absolute Gasteiger partial charge is 0.251 e. The van der Waals surface area contributed by atoms with E-state index < -0.39 is 11.5 Å². The Bertz CT molecular complexity index is 1510. The predicted molar refractivity (Wildman–Crippen MR) is 163 cm³/mol. The molecule has 0 radical (unpaired) electrons. The number of tetrazole rings is 1. The minimum absolute atomic E-state index is 0.0939. The third-order valence-electron chi connectivity index (χ3n) is 9.09. The molecule has 44 heavy (non-hydrogen) atoms. The maximum atomic E-state index is 13.3. The summed E-state index contributed by atoms with van der Waals surface area (Å²) in [7, 11) is 3.21. The van der Waals surface area contributed by atoms with E-state index in [1.165, 1.54) is 0 Å². The zero-order valence-corrected chi connectivity index (χ0v) is 25.6. The Kier molecular flexibility index (Phi) is 9.06. The molecule has 1 saturated heterocycles. The van der Waals surface area contributed by atoms with Gasteiger partial charge in [-0.05, 0) is 95.0 Å². The van der Waals surface area contributed by atoms with Crippen LogP contribution in [0.3, 0.4) is 0 Å². The molecular weight excluding hydrogens is 558 g/mol. The fourth-order valence-electron chi connectivity index (χ4n) is 6.72. The summed E-state index contributed by atoms with van der Waals surface area (Å²) in [5.74, 6) is 0.182. The van der Waals surface area contributed by atoms with Crippen LogP contribution in [0.4, 0.5) is 0 Å². The third kappa shape index (κ3) is 5.67. The molecule has 5 rings (SSSR count). The van der Waals surface area contributed by atoms with Crippen LogP contribution in [0.5, 0.6) is 0 Å². The first kappa shape index (κ1) is 30.8. The van der Waals surface area contributed by atoms with Crippen molar-refractivity contribution >= 4 is 17.7 Å². The summed E-state index contributed by atoms with van der Waals surface area (Å²) in [6.07, 6.45) is 3.27. The van der Waals surface area contributed by atoms with Gasteiger partial charge in [0.1, 0.15) is 6.04 Å². The maximum Gasteiger partial charge on any atom is 0.251 e. The second-order valence-corrected chi connectivity index (χ2v) is 11.9. The van der Waals surface area contributed by atoms with Crippen molar-refractivity contribution in [2.24, 2.45) is 5.92 Å². The highest BCUT2D eigenvalue weighted by Crippen LogP contribution is 2.47. The lowest BCUT2D eigenvalue weighted by Crippen LogP contribution is -2.48. The molecule has 1 aromatic heterocycles. The van der Waals surface area contributed by atoms with Crippen molar-refractivity contribution in [1.29, 1.82) is 5.26 Å². The topological polar surface area (TPSA) is 169 Å². The van der Waals surface area contributed by atoms with Crippen LogP contribution in [0.1, 0.15) is 81.9 Å². The number of aryl methyl sites for hydroxylation is 2. The number of nitriles is 1. The number of carbonyl (C=O) groups is 3. The molecule has 12 nitrogen and oxygen atoms in total. The first-order valence-electron chi connectivity index (χ1n) is 15.1. The Morgan fingerprint density at radius 3 is 2.16 bits per heavy atom. The molecule has 3 aromatic rings. The molecule has 1 fully saturated rings. The SMILES string of the molecule is CNC(=O)c1ccc2c(c1)CCc1cc(C(=O)NC)ccc1C2(C[C@H](NCC(=O)N1CCCC1C#N)C(C)C)c1nnn[nH]1. The number of hydrogen-bond acceptors (Lipinski definition) is 8. The van der Waals surface area contributed by atoms with Crippen LogP contribution in [0.15, 0.2) is 36.4 Å². The molecule has 0 bridgehead atoms. The molecule has 1 aliphatic heterocycles. The number of fused-ring (bicyclic) bond motifs is 2. The Morgan fingerprint density at radius 2 is 1.66 bits per heavy atom. The van der Waals surface area contributed by atoms with Gasteiger partial charge in [-0.15, -0.1) is 5.10 Å². The lowest BCUT2D eigenvalue weighted by Gasteiger charge is -2.39. The molecule has 2 aliphatic rings. The van der Waals surface area contributed by atoms with Crippen molar-refractivity contribution in [2.75, 3.05) is 27.2 Å². The number of carbonyl (C=O) groups excluding carboxylic acids is 3. The van der Waals surface area contributed by atoms with Crippen molar-refractivity contribution < 1.29 is 14.4 Å². The van der Waals surface area contributed by atoms with Crippen LogP contribution in [0.2, 0.25) is 0 Å². The van der Waals surface area contributed by atoms with E-state index in [2.05, 4.69) is 56.5 Å². The van der Waals surface area contributed by atoms with Gasteiger partial charge in [-0.1, -0.05) is 26.0 Å². The van der Waals surface area contributed by atoms with Gasteiger partial charge in [0.05, 0.1) is 18.0 Å².